The molecule has 6 aliphatic heterocycles. The molecule has 0 radical (unpaired) electrons. The highest BCUT2D eigenvalue weighted by Gasteiger charge is 2.74. The molecule has 18 N–H and O–H groups in total. The zero-order valence-corrected chi connectivity index (χ0v) is 66.2. The summed E-state index contributed by atoms with van der Waals surface area (Å²) in [6.07, 6.45) is -50.5. The smallest absolute Gasteiger partial charge is 0.331 e. The van der Waals surface area contributed by atoms with E-state index in [4.69, 9.17) is 75.8 Å². The van der Waals surface area contributed by atoms with Crippen LogP contribution in [0.3, 0.4) is 0 Å². The van der Waals surface area contributed by atoms with Crippen LogP contribution < -0.4 is 9.47 Å². The fourth-order valence-corrected chi connectivity index (χ4v) is 20.9. The Labute approximate surface area is 668 Å². The average Bonchev–Trinajstić information content (AvgIpc) is 0.668. The molecule has 6 heterocycles. The summed E-state index contributed by atoms with van der Waals surface area (Å²) < 4.78 is 96.3. The number of hydrogen-bond donors (Lipinski definition) is 18. The van der Waals surface area contributed by atoms with Gasteiger partial charge in [0, 0.05) is 18.4 Å². The number of rotatable bonds is 23. The van der Waals surface area contributed by atoms with Gasteiger partial charge >= 0.3 is 23.9 Å². The van der Waals surface area contributed by atoms with Gasteiger partial charge in [0.05, 0.1) is 69.8 Å². The van der Waals surface area contributed by atoms with Gasteiger partial charge in [-0.3, -0.25) is 14.4 Å². The Morgan fingerprint density at radius 2 is 1.09 bits per heavy atom. The number of carbonyl (C=O) groups is 4. The highest BCUT2D eigenvalue weighted by Crippen LogP contribution is 2.76. The summed E-state index contributed by atoms with van der Waals surface area (Å²) in [5.74, 6) is -5.41. The SMILES string of the molecule is COc1ccc(C=CC(=O)O[C@@H]2[C@H](O[C@@H]3O[C@H](COC(C)=O)[C@@H](O)[C@H](O)[C@H]3O)[C@@H](O[C@@H]3O[C@@H](C)[C@H](O[C@@H]4OC[C@@H](O[C@@H]5O[C@H](CO)[C@H](O)[C@H](O)[C@H]5O)[C@H](O)[C@H]4O)[C@@H](O)[C@H]3O)[C@H](OC(=O)[C@]34CCC(C)(C)C[C@H]3C3=CC[C@@H]5[C@@]6(C)C[C@H](O)[C@H](O[C@@H]7O[C@H](CO)[C@@H](O)[C@H](O)[C@H]7O)[C@@](C)(C(=O)O)[C@@H]6CC[C@@]5(C)[C@]3(CO)CC4)O[C@@H]2C)cc1OC. The first-order valence-corrected chi connectivity index (χ1v) is 39.6. The first-order chi connectivity index (χ1) is 54.6. The number of aliphatic carboxylic acids is 1. The molecule has 1 aromatic carbocycles. The molecule has 11 aliphatic rings. The minimum atomic E-state index is -2.25. The minimum Gasteiger partial charge on any atom is -0.493 e. The number of carbonyl (C=O) groups excluding carboxylic acids is 3. The van der Waals surface area contributed by atoms with E-state index in [2.05, 4.69) is 6.92 Å². The minimum absolute atomic E-state index is 0.0434. The topological polar surface area (TPSA) is 580 Å². The molecule has 38 nitrogen and oxygen atoms in total. The van der Waals surface area contributed by atoms with E-state index in [0.29, 0.717) is 36.3 Å². The zero-order chi connectivity index (χ0) is 84.7. The third kappa shape index (κ3) is 16.2. The Morgan fingerprint density at radius 1 is 0.543 bits per heavy atom. The highest BCUT2D eigenvalue weighted by molar-refractivity contribution is 5.87. The number of carboxylic acid groups (broad SMARTS) is 1. The van der Waals surface area contributed by atoms with E-state index in [1.807, 2.05) is 26.8 Å². The molecule has 12 rings (SSSR count). The summed E-state index contributed by atoms with van der Waals surface area (Å²) in [6.45, 7) is 9.95. The van der Waals surface area contributed by atoms with E-state index < -0.39 is 297 Å². The predicted molar refractivity (Wildman–Crippen MR) is 386 cm³/mol. The quantitative estimate of drug-likeness (QED) is 0.0164. The zero-order valence-electron chi connectivity index (χ0n) is 66.2. The lowest BCUT2D eigenvalue weighted by molar-refractivity contribution is -0.393. The van der Waals surface area contributed by atoms with Crippen LogP contribution in [0.4, 0.5) is 0 Å². The molecule has 0 unspecified atom stereocenters. The fraction of sp³-hybridized carbons (Fsp3) is 0.821. The normalized spacial score (nSPS) is 48.1. The van der Waals surface area contributed by atoms with Crippen molar-refractivity contribution in [3.63, 3.8) is 0 Å². The summed E-state index contributed by atoms with van der Waals surface area (Å²) in [5.41, 5.74) is -5.78. The van der Waals surface area contributed by atoms with E-state index in [0.717, 1.165) is 18.6 Å². The van der Waals surface area contributed by atoms with E-state index in [1.165, 1.54) is 41.1 Å². The number of benzene rings is 1. The number of aliphatic hydroxyl groups is 17. The molecule has 0 bridgehead atoms. The molecule has 39 atom stereocenters. The molecular formula is C78H116O38. The van der Waals surface area contributed by atoms with Crippen molar-refractivity contribution in [3.05, 3.63) is 41.5 Å². The van der Waals surface area contributed by atoms with Gasteiger partial charge in [-0.25, -0.2) is 4.79 Å². The summed E-state index contributed by atoms with van der Waals surface area (Å²) in [5, 5.41) is 202. The van der Waals surface area contributed by atoms with Gasteiger partial charge in [0.2, 0.25) is 6.29 Å². The summed E-state index contributed by atoms with van der Waals surface area (Å²) in [6, 6.07) is 4.74. The van der Waals surface area contributed by atoms with Gasteiger partial charge in [-0.15, -0.1) is 0 Å². The van der Waals surface area contributed by atoms with Crippen LogP contribution in [-0.4, -0.2) is 353 Å². The lowest BCUT2D eigenvalue weighted by Gasteiger charge is -2.71. The molecule has 0 spiro atoms. The summed E-state index contributed by atoms with van der Waals surface area (Å²) in [7, 11) is 2.83. The van der Waals surface area contributed by atoms with Crippen LogP contribution in [0.15, 0.2) is 35.9 Å². The van der Waals surface area contributed by atoms with E-state index in [9.17, 15) is 106 Å². The Morgan fingerprint density at radius 3 is 1.69 bits per heavy atom. The highest BCUT2D eigenvalue weighted by atomic mass is 16.8. The van der Waals surface area contributed by atoms with Gasteiger partial charge in [-0.1, -0.05) is 45.4 Å². The molecule has 656 valence electrons. The molecule has 1 aromatic rings. The van der Waals surface area contributed by atoms with Crippen molar-refractivity contribution in [2.75, 3.05) is 47.3 Å². The summed E-state index contributed by atoms with van der Waals surface area (Å²) >= 11 is 0. The summed E-state index contributed by atoms with van der Waals surface area (Å²) in [4.78, 5) is 57.2. The van der Waals surface area contributed by atoms with Gasteiger partial charge in [0.1, 0.15) is 129 Å². The van der Waals surface area contributed by atoms with Gasteiger partial charge < -0.3 is 168 Å². The molecule has 6 saturated heterocycles. The second-order valence-electron chi connectivity index (χ2n) is 34.7. The van der Waals surface area contributed by atoms with Gasteiger partial charge in [-0.05, 0) is 136 Å². The monoisotopic (exact) mass is 1660 g/mol. The number of allylic oxidation sites excluding steroid dienone is 1. The van der Waals surface area contributed by atoms with Crippen LogP contribution >= 0.6 is 0 Å². The van der Waals surface area contributed by atoms with Crippen molar-refractivity contribution in [3.8, 4) is 11.5 Å². The number of methoxy groups -OCH3 is 2. The maximum atomic E-state index is 16.5. The van der Waals surface area contributed by atoms with Crippen molar-refractivity contribution in [2.24, 2.45) is 50.2 Å². The first-order valence-electron chi connectivity index (χ1n) is 39.6. The van der Waals surface area contributed by atoms with Gasteiger partial charge in [0.25, 0.3) is 0 Å². The standard InChI is InChI=1S/C78H116O38/c1-31-60(112-65-55(93)50(88)43(29-104-65)109-67-56(94)51(89)47(85)40(26-79)107-67)54(92)59(97)66(105-31)114-63-62(113-68-57(95)53(91)49(87)42(110-68)28-103-33(3)82)61(111-46(84)16-12-34-11-14-38(101-9)39(23-34)102-10)32(2)106-70(63)116-72(100)77-20-19-73(4,5)24-36(77)35-13-15-44-74(6)25-37(83)64(115-69-58(96)52(90)48(86)41(27-80)108-69)76(8,71(98)99)45(74)17-18-75(44,7)78(35,30-81)22-21-77/h11-14,16,23,31-32,36-37,40-45,47-70,79-81,83,85-97H,15,17-22,24-30H2,1-10H3,(H,98,99)/t31-,32+,36-,37-,40+,41+,42+,43+,44+,45+,47-,48+,49+,50-,51-,52-,53-,54-,55+,56+,57+,58+,59+,60-,61-,62-,63+,64-,65-,66-,67-,68-,69-,70-,74+,75+,76-,77-,78-/m0/s1. The van der Waals surface area contributed by atoms with Crippen LogP contribution in [0.5, 0.6) is 11.5 Å². The van der Waals surface area contributed by atoms with Crippen LogP contribution in [0, 0.1) is 50.2 Å². The van der Waals surface area contributed by atoms with E-state index in [-0.39, 0.29) is 38.5 Å². The lowest BCUT2D eigenvalue weighted by Crippen LogP contribution is -2.71. The van der Waals surface area contributed by atoms with Crippen LogP contribution in [-0.2, 0) is 85.5 Å². The number of ether oxygens (including phenoxy) is 16. The van der Waals surface area contributed by atoms with Crippen molar-refractivity contribution in [1.82, 2.24) is 0 Å². The lowest BCUT2D eigenvalue weighted by atomic mass is 9.33. The van der Waals surface area contributed by atoms with E-state index in [1.54, 1.807) is 18.2 Å². The molecule has 116 heavy (non-hydrogen) atoms. The Hall–Kier alpha value is -4.94. The molecule has 4 saturated carbocycles. The number of fused-ring (bicyclic) bond motifs is 7. The number of esters is 3. The molecule has 10 fully saturated rings. The van der Waals surface area contributed by atoms with Crippen molar-refractivity contribution >= 4 is 30.0 Å². The number of hydrogen-bond acceptors (Lipinski definition) is 37. The Bertz CT molecular complexity index is 3660. The van der Waals surface area contributed by atoms with Gasteiger partial charge in [0.15, 0.2) is 55.2 Å². The second-order valence-corrected chi connectivity index (χ2v) is 34.7. The van der Waals surface area contributed by atoms with Crippen molar-refractivity contribution in [1.29, 1.82) is 0 Å². The molecule has 5 aliphatic carbocycles. The van der Waals surface area contributed by atoms with Crippen LogP contribution in [0.1, 0.15) is 119 Å². The van der Waals surface area contributed by atoms with Crippen molar-refractivity contribution < 1.29 is 187 Å². The largest absolute Gasteiger partial charge is 0.493 e. The van der Waals surface area contributed by atoms with Crippen LogP contribution in [0.2, 0.25) is 0 Å². The molecule has 0 aromatic heterocycles. The molecule has 0 amide bonds. The third-order valence-electron chi connectivity index (χ3n) is 27.5. The second kappa shape index (κ2) is 35.1. The molecular weight excluding hydrogens is 1540 g/mol. The Kier molecular flexibility index (Phi) is 27.3. The first kappa shape index (κ1) is 90.3. The van der Waals surface area contributed by atoms with Gasteiger partial charge in [-0.2, -0.15) is 0 Å². The molecule has 38 heteroatoms. The third-order valence-corrected chi connectivity index (χ3v) is 27.5. The fourth-order valence-electron chi connectivity index (χ4n) is 20.9. The van der Waals surface area contributed by atoms with Crippen LogP contribution in [0.25, 0.3) is 6.08 Å². The maximum Gasteiger partial charge on any atom is 0.331 e. The maximum absolute atomic E-state index is 16.5. The average molecular weight is 1660 g/mol. The Balaban J connectivity index is 0.878. The number of aliphatic hydroxyl groups excluding tert-OH is 17. The number of carboxylic acids is 1. The predicted octanol–water partition coefficient (Wildman–Crippen LogP) is -3.83. The van der Waals surface area contributed by atoms with Crippen molar-refractivity contribution in [2.45, 2.75) is 304 Å². The van der Waals surface area contributed by atoms with E-state index >= 15 is 4.79 Å².